The molecule has 0 bridgehead atoms. The molecule has 8 nitrogen and oxygen atoms in total. The van der Waals surface area contributed by atoms with Crippen LogP contribution in [0.4, 0.5) is 5.82 Å². The van der Waals surface area contributed by atoms with Crippen molar-refractivity contribution in [3.05, 3.63) is 17.8 Å². The van der Waals surface area contributed by atoms with Gasteiger partial charge in [0.15, 0.2) is 5.69 Å². The number of carbonyl (C=O) groups excluding carboxylic acids is 1. The van der Waals surface area contributed by atoms with Crippen molar-refractivity contribution in [3.63, 3.8) is 0 Å². The molecule has 1 aromatic rings. The molecule has 0 spiro atoms. The smallest absolute Gasteiger partial charge is 0.271 e. The van der Waals surface area contributed by atoms with Crippen LogP contribution >= 0.6 is 0 Å². The lowest BCUT2D eigenvalue weighted by atomic mass is 10.3. The molecule has 1 saturated heterocycles. The van der Waals surface area contributed by atoms with E-state index in [1.54, 1.807) is 19.2 Å². The summed E-state index contributed by atoms with van der Waals surface area (Å²) >= 11 is 0. The fraction of sp³-hybridized carbons (Fsp3) is 0.643. The van der Waals surface area contributed by atoms with E-state index in [4.69, 9.17) is 9.47 Å². The molecule has 0 radical (unpaired) electrons. The average Bonchev–Trinajstić information content (AvgIpc) is 2.56. The number of hydrogen-bond donors (Lipinski definition) is 2. The molecule has 1 aliphatic rings. The molecule has 122 valence electrons. The van der Waals surface area contributed by atoms with Gasteiger partial charge in [-0.15, -0.1) is 10.2 Å². The molecule has 1 aromatic heterocycles. The molecule has 1 aliphatic heterocycles. The van der Waals surface area contributed by atoms with Crippen LogP contribution < -0.4 is 10.6 Å². The van der Waals surface area contributed by atoms with Gasteiger partial charge in [-0.1, -0.05) is 0 Å². The Labute approximate surface area is 130 Å². The Kier molecular flexibility index (Phi) is 7.01. The lowest BCUT2D eigenvalue weighted by Crippen LogP contribution is -2.39. The largest absolute Gasteiger partial charge is 0.383 e. The molecule has 0 aromatic carbocycles. The number of nitrogens with zero attached hydrogens (tertiary/aromatic N) is 3. The molecular weight excluding hydrogens is 286 g/mol. The summed E-state index contributed by atoms with van der Waals surface area (Å²) in [6, 6.07) is 3.42. The number of anilines is 1. The Morgan fingerprint density at radius 2 is 2.14 bits per heavy atom. The standard InChI is InChI=1S/C14H23N5O3/c1-21-9-5-16-14(20)12-2-3-13(18-17-12)15-4-6-19-7-10-22-11-8-19/h2-3H,4-11H2,1H3,(H,15,18)(H,16,20). The topological polar surface area (TPSA) is 88.6 Å². The van der Waals surface area contributed by atoms with Crippen molar-refractivity contribution in [3.8, 4) is 0 Å². The van der Waals surface area contributed by atoms with E-state index < -0.39 is 0 Å². The number of amides is 1. The fourth-order valence-electron chi connectivity index (χ4n) is 2.07. The predicted octanol–water partition coefficient (Wildman–Crippen LogP) is -0.403. The Hall–Kier alpha value is -1.77. The second-order valence-electron chi connectivity index (χ2n) is 4.93. The first-order valence-corrected chi connectivity index (χ1v) is 7.44. The maximum Gasteiger partial charge on any atom is 0.271 e. The quantitative estimate of drug-likeness (QED) is 0.631. The molecule has 2 rings (SSSR count). The van der Waals surface area contributed by atoms with Gasteiger partial charge in [-0.3, -0.25) is 9.69 Å². The summed E-state index contributed by atoms with van der Waals surface area (Å²) in [7, 11) is 1.59. The summed E-state index contributed by atoms with van der Waals surface area (Å²) in [4.78, 5) is 14.1. The summed E-state index contributed by atoms with van der Waals surface area (Å²) in [6.07, 6.45) is 0. The minimum atomic E-state index is -0.246. The van der Waals surface area contributed by atoms with Crippen LogP contribution in [-0.4, -0.2) is 80.7 Å². The summed E-state index contributed by atoms with van der Waals surface area (Å²) < 4.78 is 10.2. The van der Waals surface area contributed by atoms with Crippen LogP contribution in [0.3, 0.4) is 0 Å². The first kappa shape index (κ1) is 16.6. The number of nitrogens with one attached hydrogen (secondary N) is 2. The van der Waals surface area contributed by atoms with Crippen molar-refractivity contribution >= 4 is 11.7 Å². The van der Waals surface area contributed by atoms with Crippen molar-refractivity contribution < 1.29 is 14.3 Å². The summed E-state index contributed by atoms with van der Waals surface area (Å²) in [6.45, 7) is 6.18. The highest BCUT2D eigenvalue weighted by Gasteiger charge is 2.10. The number of hydrogen-bond acceptors (Lipinski definition) is 7. The molecule has 2 N–H and O–H groups in total. The predicted molar refractivity (Wildman–Crippen MR) is 82.0 cm³/mol. The monoisotopic (exact) mass is 309 g/mol. The van der Waals surface area contributed by atoms with Gasteiger partial charge in [-0.05, 0) is 12.1 Å². The zero-order chi connectivity index (χ0) is 15.6. The van der Waals surface area contributed by atoms with Crippen molar-refractivity contribution in [2.75, 3.05) is 65.0 Å². The van der Waals surface area contributed by atoms with Crippen LogP contribution in [-0.2, 0) is 9.47 Å². The highest BCUT2D eigenvalue weighted by Crippen LogP contribution is 2.02. The third kappa shape index (κ3) is 5.55. The second kappa shape index (κ2) is 9.29. The molecule has 2 heterocycles. The first-order chi connectivity index (χ1) is 10.8. The van der Waals surface area contributed by atoms with Gasteiger partial charge in [0.2, 0.25) is 0 Å². The van der Waals surface area contributed by atoms with Crippen molar-refractivity contribution in [1.29, 1.82) is 0 Å². The number of aromatic nitrogens is 2. The molecule has 1 fully saturated rings. The Balaban J connectivity index is 1.70. The van der Waals surface area contributed by atoms with Gasteiger partial charge in [0.05, 0.1) is 19.8 Å². The van der Waals surface area contributed by atoms with E-state index in [-0.39, 0.29) is 5.91 Å². The normalized spacial score (nSPS) is 15.5. The maximum atomic E-state index is 11.7. The molecule has 8 heteroatoms. The van der Waals surface area contributed by atoms with Crippen molar-refractivity contribution in [2.24, 2.45) is 0 Å². The van der Waals surface area contributed by atoms with Gasteiger partial charge in [0.25, 0.3) is 5.91 Å². The highest BCUT2D eigenvalue weighted by molar-refractivity contribution is 5.92. The molecular formula is C14H23N5O3. The van der Waals surface area contributed by atoms with Crippen molar-refractivity contribution in [1.82, 2.24) is 20.4 Å². The Bertz CT molecular complexity index is 448. The molecule has 0 atom stereocenters. The zero-order valence-electron chi connectivity index (χ0n) is 12.9. The number of rotatable bonds is 8. The third-order valence-corrected chi connectivity index (χ3v) is 3.33. The number of morpholine rings is 1. The minimum absolute atomic E-state index is 0.246. The lowest BCUT2D eigenvalue weighted by molar-refractivity contribution is 0.0398. The highest BCUT2D eigenvalue weighted by atomic mass is 16.5. The van der Waals surface area contributed by atoms with E-state index in [0.717, 1.165) is 39.4 Å². The summed E-state index contributed by atoms with van der Waals surface area (Å²) in [5.74, 6) is 0.422. The van der Waals surface area contributed by atoms with E-state index in [9.17, 15) is 4.79 Å². The van der Waals surface area contributed by atoms with Crippen LogP contribution in [0.25, 0.3) is 0 Å². The van der Waals surface area contributed by atoms with Gasteiger partial charge in [-0.2, -0.15) is 0 Å². The van der Waals surface area contributed by atoms with E-state index in [1.165, 1.54) is 0 Å². The van der Waals surface area contributed by atoms with Crippen LogP contribution in [0, 0.1) is 0 Å². The van der Waals surface area contributed by atoms with Crippen LogP contribution in [0.2, 0.25) is 0 Å². The molecule has 0 aliphatic carbocycles. The molecule has 0 saturated carbocycles. The first-order valence-electron chi connectivity index (χ1n) is 7.44. The van der Waals surface area contributed by atoms with Gasteiger partial charge in [-0.25, -0.2) is 0 Å². The van der Waals surface area contributed by atoms with E-state index in [2.05, 4.69) is 25.7 Å². The van der Waals surface area contributed by atoms with E-state index >= 15 is 0 Å². The van der Waals surface area contributed by atoms with Gasteiger partial charge in [0.1, 0.15) is 5.82 Å². The SMILES string of the molecule is COCCNC(=O)c1ccc(NCCN2CCOCC2)nn1. The summed E-state index contributed by atoms with van der Waals surface area (Å²) in [5.41, 5.74) is 0.301. The Morgan fingerprint density at radius 1 is 1.32 bits per heavy atom. The second-order valence-corrected chi connectivity index (χ2v) is 4.93. The zero-order valence-corrected chi connectivity index (χ0v) is 12.9. The van der Waals surface area contributed by atoms with Crippen molar-refractivity contribution in [2.45, 2.75) is 0 Å². The van der Waals surface area contributed by atoms with Gasteiger partial charge >= 0.3 is 0 Å². The Morgan fingerprint density at radius 3 is 2.82 bits per heavy atom. The van der Waals surface area contributed by atoms with Crippen LogP contribution in [0.1, 0.15) is 10.5 Å². The van der Waals surface area contributed by atoms with Gasteiger partial charge < -0.3 is 20.1 Å². The average molecular weight is 309 g/mol. The molecule has 1 amide bonds. The van der Waals surface area contributed by atoms with Crippen LogP contribution in [0.5, 0.6) is 0 Å². The van der Waals surface area contributed by atoms with Crippen LogP contribution in [0.15, 0.2) is 12.1 Å². The molecule has 0 unspecified atom stereocenters. The van der Waals surface area contributed by atoms with E-state index in [1.807, 2.05) is 0 Å². The number of carbonyl (C=O) groups is 1. The summed E-state index contributed by atoms with van der Waals surface area (Å²) in [5, 5.41) is 13.8. The number of ether oxygens (including phenoxy) is 2. The minimum Gasteiger partial charge on any atom is -0.383 e. The molecule has 22 heavy (non-hydrogen) atoms. The number of methoxy groups -OCH3 is 1. The third-order valence-electron chi connectivity index (χ3n) is 3.33. The van der Waals surface area contributed by atoms with E-state index in [0.29, 0.717) is 24.7 Å². The maximum absolute atomic E-state index is 11.7. The van der Waals surface area contributed by atoms with Gasteiger partial charge in [0, 0.05) is 39.8 Å². The lowest BCUT2D eigenvalue weighted by Gasteiger charge is -2.26. The fourth-order valence-corrected chi connectivity index (χ4v) is 2.07.